The SMILES string of the molecule is Cc1cc(=O)oc2c(OCc3ccccc3)c(OCc3ccccc3)ccc12. The predicted molar refractivity (Wildman–Crippen MR) is 109 cm³/mol. The number of hydrogen-bond donors (Lipinski definition) is 0. The van der Waals surface area contributed by atoms with Gasteiger partial charge in [-0.15, -0.1) is 0 Å². The number of aryl methyl sites for hydroxylation is 1. The van der Waals surface area contributed by atoms with Crippen molar-refractivity contribution in [2.24, 2.45) is 0 Å². The summed E-state index contributed by atoms with van der Waals surface area (Å²) < 4.78 is 17.6. The van der Waals surface area contributed by atoms with Gasteiger partial charge < -0.3 is 13.9 Å². The van der Waals surface area contributed by atoms with Crippen molar-refractivity contribution >= 4 is 11.0 Å². The van der Waals surface area contributed by atoms with E-state index in [-0.39, 0.29) is 0 Å². The van der Waals surface area contributed by atoms with E-state index in [1.165, 1.54) is 6.07 Å². The first kappa shape index (κ1) is 17.9. The highest BCUT2D eigenvalue weighted by molar-refractivity contribution is 5.87. The van der Waals surface area contributed by atoms with Crippen LogP contribution in [0.4, 0.5) is 0 Å². The molecule has 0 atom stereocenters. The van der Waals surface area contributed by atoms with Gasteiger partial charge >= 0.3 is 5.63 Å². The molecule has 4 heteroatoms. The molecule has 1 heterocycles. The minimum Gasteiger partial charge on any atom is -0.485 e. The second-order valence-electron chi connectivity index (χ2n) is 6.57. The fourth-order valence-corrected chi connectivity index (χ4v) is 3.06. The fourth-order valence-electron chi connectivity index (χ4n) is 3.06. The van der Waals surface area contributed by atoms with Gasteiger partial charge in [-0.25, -0.2) is 4.79 Å². The number of ether oxygens (including phenoxy) is 2. The Hall–Kier alpha value is -3.53. The molecule has 0 unspecified atom stereocenters. The number of hydrogen-bond acceptors (Lipinski definition) is 4. The lowest BCUT2D eigenvalue weighted by molar-refractivity contribution is 0.255. The van der Waals surface area contributed by atoms with Gasteiger partial charge in [0.15, 0.2) is 11.3 Å². The van der Waals surface area contributed by atoms with E-state index < -0.39 is 5.63 Å². The van der Waals surface area contributed by atoms with Crippen molar-refractivity contribution in [2.75, 3.05) is 0 Å². The Morgan fingerprint density at radius 3 is 2.04 bits per heavy atom. The third kappa shape index (κ3) is 3.91. The molecule has 4 aromatic rings. The van der Waals surface area contributed by atoms with E-state index in [1.807, 2.05) is 79.7 Å². The van der Waals surface area contributed by atoms with E-state index in [0.29, 0.717) is 30.3 Å². The van der Waals surface area contributed by atoms with Crippen molar-refractivity contribution in [3.63, 3.8) is 0 Å². The van der Waals surface area contributed by atoms with E-state index in [1.54, 1.807) is 0 Å². The van der Waals surface area contributed by atoms with Gasteiger partial charge in [-0.1, -0.05) is 60.7 Å². The van der Waals surface area contributed by atoms with Gasteiger partial charge in [-0.3, -0.25) is 0 Å². The molecule has 0 bridgehead atoms. The normalized spacial score (nSPS) is 10.8. The molecule has 0 aliphatic rings. The molecule has 0 radical (unpaired) electrons. The van der Waals surface area contributed by atoms with E-state index in [2.05, 4.69) is 0 Å². The molecule has 4 nitrogen and oxygen atoms in total. The number of rotatable bonds is 6. The van der Waals surface area contributed by atoms with Crippen LogP contribution in [0.15, 0.2) is 88.1 Å². The van der Waals surface area contributed by atoms with Gasteiger partial charge in [0.25, 0.3) is 0 Å². The quantitative estimate of drug-likeness (QED) is 0.433. The molecule has 28 heavy (non-hydrogen) atoms. The first-order chi connectivity index (χ1) is 13.7. The second kappa shape index (κ2) is 8.01. The molecule has 0 N–H and O–H groups in total. The van der Waals surface area contributed by atoms with Gasteiger partial charge in [0.05, 0.1) is 0 Å². The van der Waals surface area contributed by atoms with Crippen LogP contribution in [0.3, 0.4) is 0 Å². The van der Waals surface area contributed by atoms with Crippen molar-refractivity contribution in [3.05, 3.63) is 106 Å². The molecule has 0 spiro atoms. The molecule has 0 aliphatic carbocycles. The Bertz CT molecular complexity index is 1130. The summed E-state index contributed by atoms with van der Waals surface area (Å²) in [7, 11) is 0. The fraction of sp³-hybridized carbons (Fsp3) is 0.125. The van der Waals surface area contributed by atoms with Crippen LogP contribution < -0.4 is 15.1 Å². The van der Waals surface area contributed by atoms with Crippen LogP contribution in [0.25, 0.3) is 11.0 Å². The van der Waals surface area contributed by atoms with Gasteiger partial charge in [0, 0.05) is 11.5 Å². The van der Waals surface area contributed by atoms with E-state index in [9.17, 15) is 4.79 Å². The molecule has 0 fully saturated rings. The van der Waals surface area contributed by atoms with Gasteiger partial charge in [0.2, 0.25) is 5.75 Å². The summed E-state index contributed by atoms with van der Waals surface area (Å²) in [5.41, 5.74) is 2.90. The van der Waals surface area contributed by atoms with Crippen molar-refractivity contribution < 1.29 is 13.9 Å². The Morgan fingerprint density at radius 2 is 1.39 bits per heavy atom. The van der Waals surface area contributed by atoms with Gasteiger partial charge in [-0.2, -0.15) is 0 Å². The van der Waals surface area contributed by atoms with E-state index in [0.717, 1.165) is 22.1 Å². The smallest absolute Gasteiger partial charge is 0.336 e. The topological polar surface area (TPSA) is 48.7 Å². The Kier molecular flexibility index (Phi) is 5.11. The highest BCUT2D eigenvalue weighted by Crippen LogP contribution is 2.37. The Balaban J connectivity index is 1.71. The van der Waals surface area contributed by atoms with Crippen molar-refractivity contribution in [3.8, 4) is 11.5 Å². The maximum absolute atomic E-state index is 12.0. The molecule has 0 amide bonds. The summed E-state index contributed by atoms with van der Waals surface area (Å²) in [6.45, 7) is 2.62. The minimum atomic E-state index is -0.408. The Morgan fingerprint density at radius 1 is 0.786 bits per heavy atom. The average molecular weight is 372 g/mol. The highest BCUT2D eigenvalue weighted by atomic mass is 16.5. The van der Waals surface area contributed by atoms with Crippen LogP contribution in [0, 0.1) is 6.92 Å². The Labute approximate surface area is 163 Å². The summed E-state index contributed by atoms with van der Waals surface area (Å²) in [5, 5.41) is 0.828. The number of fused-ring (bicyclic) bond motifs is 1. The van der Waals surface area contributed by atoms with Crippen LogP contribution in [0.2, 0.25) is 0 Å². The molecule has 0 aliphatic heterocycles. The second-order valence-corrected chi connectivity index (χ2v) is 6.57. The largest absolute Gasteiger partial charge is 0.485 e. The van der Waals surface area contributed by atoms with Gasteiger partial charge in [0.1, 0.15) is 13.2 Å². The van der Waals surface area contributed by atoms with Crippen LogP contribution in [0.1, 0.15) is 16.7 Å². The third-order valence-corrected chi connectivity index (χ3v) is 4.50. The summed E-state index contributed by atoms with van der Waals surface area (Å²) in [5.74, 6) is 0.985. The maximum Gasteiger partial charge on any atom is 0.336 e. The van der Waals surface area contributed by atoms with Crippen LogP contribution in [-0.2, 0) is 13.2 Å². The number of benzene rings is 3. The monoisotopic (exact) mass is 372 g/mol. The minimum absolute atomic E-state index is 0.347. The molecule has 1 aromatic heterocycles. The van der Waals surface area contributed by atoms with E-state index in [4.69, 9.17) is 13.9 Å². The molecule has 140 valence electrons. The summed E-state index contributed by atoms with van der Waals surface area (Å²) in [4.78, 5) is 12.0. The van der Waals surface area contributed by atoms with Crippen molar-refractivity contribution in [2.45, 2.75) is 20.1 Å². The lowest BCUT2D eigenvalue weighted by Crippen LogP contribution is -2.04. The van der Waals surface area contributed by atoms with Gasteiger partial charge in [-0.05, 0) is 35.7 Å². The summed E-state index contributed by atoms with van der Waals surface area (Å²) in [6.07, 6.45) is 0. The zero-order chi connectivity index (χ0) is 19.3. The first-order valence-corrected chi connectivity index (χ1v) is 9.11. The summed E-state index contributed by atoms with van der Waals surface area (Å²) in [6, 6.07) is 25.0. The highest BCUT2D eigenvalue weighted by Gasteiger charge is 2.16. The zero-order valence-electron chi connectivity index (χ0n) is 15.6. The van der Waals surface area contributed by atoms with Crippen LogP contribution in [-0.4, -0.2) is 0 Å². The van der Waals surface area contributed by atoms with E-state index >= 15 is 0 Å². The molecule has 0 saturated carbocycles. The lowest BCUT2D eigenvalue weighted by atomic mass is 10.1. The van der Waals surface area contributed by atoms with Crippen molar-refractivity contribution in [1.29, 1.82) is 0 Å². The van der Waals surface area contributed by atoms with Crippen LogP contribution >= 0.6 is 0 Å². The summed E-state index contributed by atoms with van der Waals surface area (Å²) >= 11 is 0. The molecular formula is C24H20O4. The lowest BCUT2D eigenvalue weighted by Gasteiger charge is -2.15. The third-order valence-electron chi connectivity index (χ3n) is 4.50. The average Bonchev–Trinajstić information content (AvgIpc) is 2.72. The zero-order valence-corrected chi connectivity index (χ0v) is 15.6. The predicted octanol–water partition coefficient (Wildman–Crippen LogP) is 5.26. The molecule has 0 saturated heterocycles. The molecule has 4 rings (SSSR count). The van der Waals surface area contributed by atoms with Crippen molar-refractivity contribution in [1.82, 2.24) is 0 Å². The first-order valence-electron chi connectivity index (χ1n) is 9.11. The molecular weight excluding hydrogens is 352 g/mol. The molecule has 3 aromatic carbocycles. The maximum atomic E-state index is 12.0. The van der Waals surface area contributed by atoms with Crippen LogP contribution in [0.5, 0.6) is 11.5 Å². The standard InChI is InChI=1S/C24H20O4/c1-17-14-22(25)28-23-20(17)12-13-21(26-15-18-8-4-2-5-9-18)24(23)27-16-19-10-6-3-7-11-19/h2-14H,15-16H2,1H3.